The fourth-order valence-corrected chi connectivity index (χ4v) is 3.49. The quantitative estimate of drug-likeness (QED) is 0.589. The Morgan fingerprint density at radius 2 is 1.83 bits per heavy atom. The molecule has 1 nitrogen and oxygen atoms in total. The molecule has 2 saturated carbocycles. The molecule has 0 saturated heterocycles. The second kappa shape index (κ2) is 2.06. The Balaban J connectivity index is 2.30. The Kier molecular flexibility index (Phi) is 1.47. The van der Waals surface area contributed by atoms with Gasteiger partial charge >= 0.3 is 0 Å². The predicted octanol–water partition coefficient (Wildman–Crippen LogP) is 2.44. The van der Waals surface area contributed by atoms with Gasteiger partial charge in [-0.05, 0) is 42.9 Å². The van der Waals surface area contributed by atoms with Crippen LogP contribution in [0, 0.1) is 23.2 Å². The highest BCUT2D eigenvalue weighted by Gasteiger charge is 2.59. The molecule has 2 aliphatic carbocycles. The van der Waals surface area contributed by atoms with E-state index in [-0.39, 0.29) is 5.60 Å². The van der Waals surface area contributed by atoms with Crippen LogP contribution in [-0.4, -0.2) is 10.7 Å². The summed E-state index contributed by atoms with van der Waals surface area (Å²) in [6.07, 6.45) is 2.27. The van der Waals surface area contributed by atoms with Crippen LogP contribution in [0.25, 0.3) is 0 Å². The summed E-state index contributed by atoms with van der Waals surface area (Å²) in [5, 5.41) is 10.1. The third kappa shape index (κ3) is 0.834. The van der Waals surface area contributed by atoms with E-state index in [1.807, 2.05) is 6.92 Å². The van der Waals surface area contributed by atoms with Crippen molar-refractivity contribution in [2.75, 3.05) is 0 Å². The molecule has 2 aliphatic rings. The summed E-state index contributed by atoms with van der Waals surface area (Å²) < 4.78 is 0. The summed E-state index contributed by atoms with van der Waals surface area (Å²) in [6.45, 7) is 9.04. The molecule has 0 aromatic carbocycles. The lowest BCUT2D eigenvalue weighted by Crippen LogP contribution is -2.42. The maximum Gasteiger partial charge on any atom is 0.0653 e. The van der Waals surface area contributed by atoms with Gasteiger partial charge in [-0.3, -0.25) is 0 Å². The van der Waals surface area contributed by atoms with E-state index in [1.54, 1.807) is 0 Å². The minimum Gasteiger partial charge on any atom is -0.390 e. The van der Waals surface area contributed by atoms with Gasteiger partial charge in [0.05, 0.1) is 5.60 Å². The van der Waals surface area contributed by atoms with Gasteiger partial charge in [-0.2, -0.15) is 0 Å². The molecule has 4 atom stereocenters. The van der Waals surface area contributed by atoms with Crippen LogP contribution >= 0.6 is 0 Å². The molecular formula is C11H20O. The maximum atomic E-state index is 10.1. The topological polar surface area (TPSA) is 20.2 Å². The zero-order chi connectivity index (χ0) is 9.15. The maximum absolute atomic E-state index is 10.1. The van der Waals surface area contributed by atoms with E-state index in [9.17, 15) is 5.11 Å². The van der Waals surface area contributed by atoms with Gasteiger partial charge in [0.1, 0.15) is 0 Å². The van der Waals surface area contributed by atoms with Gasteiger partial charge in [0.15, 0.2) is 0 Å². The first-order valence-electron chi connectivity index (χ1n) is 5.08. The molecule has 0 heterocycles. The number of fused-ring (bicyclic) bond motifs is 2. The summed E-state index contributed by atoms with van der Waals surface area (Å²) in [5.74, 6) is 2.00. The van der Waals surface area contributed by atoms with Crippen molar-refractivity contribution >= 4 is 0 Å². The summed E-state index contributed by atoms with van der Waals surface area (Å²) in [6, 6.07) is 0. The van der Waals surface area contributed by atoms with Gasteiger partial charge in [-0.15, -0.1) is 0 Å². The van der Waals surface area contributed by atoms with Crippen molar-refractivity contribution in [1.29, 1.82) is 0 Å². The van der Waals surface area contributed by atoms with E-state index in [2.05, 4.69) is 20.8 Å². The molecule has 0 aliphatic heterocycles. The SMILES string of the molecule is C[C@@H]1[C@H]2C[C@@H](C[C@]2(C)O)C1(C)C. The van der Waals surface area contributed by atoms with Gasteiger partial charge < -0.3 is 5.11 Å². The van der Waals surface area contributed by atoms with Crippen molar-refractivity contribution in [3.8, 4) is 0 Å². The van der Waals surface area contributed by atoms with Crippen molar-refractivity contribution in [2.45, 2.75) is 46.1 Å². The molecule has 12 heavy (non-hydrogen) atoms. The summed E-state index contributed by atoms with van der Waals surface area (Å²) in [4.78, 5) is 0. The Labute approximate surface area is 75.2 Å². The number of aliphatic hydroxyl groups is 1. The van der Waals surface area contributed by atoms with Crippen LogP contribution in [-0.2, 0) is 0 Å². The van der Waals surface area contributed by atoms with Crippen LogP contribution in [0.3, 0.4) is 0 Å². The third-order valence-corrected chi connectivity index (χ3v) is 4.83. The Bertz CT molecular complexity index is 201. The molecule has 0 amide bonds. The van der Waals surface area contributed by atoms with Crippen LogP contribution in [0.1, 0.15) is 40.5 Å². The van der Waals surface area contributed by atoms with Crippen molar-refractivity contribution in [1.82, 2.24) is 0 Å². The second-order valence-electron chi connectivity index (χ2n) is 5.71. The largest absolute Gasteiger partial charge is 0.390 e. The fraction of sp³-hybridized carbons (Fsp3) is 1.00. The Morgan fingerprint density at radius 3 is 2.17 bits per heavy atom. The lowest BCUT2D eigenvalue weighted by molar-refractivity contribution is -0.0537. The molecular weight excluding hydrogens is 148 g/mol. The summed E-state index contributed by atoms with van der Waals surface area (Å²) >= 11 is 0. The number of hydrogen-bond donors (Lipinski definition) is 1. The van der Waals surface area contributed by atoms with E-state index in [0.717, 1.165) is 12.3 Å². The molecule has 0 aromatic rings. The third-order valence-electron chi connectivity index (χ3n) is 4.83. The molecule has 0 unspecified atom stereocenters. The van der Waals surface area contributed by atoms with E-state index in [1.165, 1.54) is 6.42 Å². The van der Waals surface area contributed by atoms with Crippen molar-refractivity contribution in [2.24, 2.45) is 23.2 Å². The highest BCUT2D eigenvalue weighted by Crippen LogP contribution is 2.62. The van der Waals surface area contributed by atoms with Crippen LogP contribution < -0.4 is 0 Å². The molecule has 0 radical (unpaired) electrons. The average molecular weight is 168 g/mol. The normalized spacial score (nSPS) is 56.2. The first-order valence-corrected chi connectivity index (χ1v) is 5.08. The summed E-state index contributed by atoms with van der Waals surface area (Å²) in [7, 11) is 0. The molecule has 1 N–H and O–H groups in total. The number of hydrogen-bond acceptors (Lipinski definition) is 1. The molecule has 2 rings (SSSR count). The minimum absolute atomic E-state index is 0.362. The van der Waals surface area contributed by atoms with Crippen molar-refractivity contribution in [3.05, 3.63) is 0 Å². The van der Waals surface area contributed by atoms with E-state index >= 15 is 0 Å². The number of rotatable bonds is 0. The smallest absolute Gasteiger partial charge is 0.0653 e. The lowest BCUT2D eigenvalue weighted by Gasteiger charge is -2.43. The van der Waals surface area contributed by atoms with E-state index in [0.29, 0.717) is 17.3 Å². The zero-order valence-electron chi connectivity index (χ0n) is 8.59. The Morgan fingerprint density at radius 1 is 1.25 bits per heavy atom. The van der Waals surface area contributed by atoms with Crippen LogP contribution in [0.5, 0.6) is 0 Å². The summed E-state index contributed by atoms with van der Waals surface area (Å²) in [5.41, 5.74) is 0.104. The van der Waals surface area contributed by atoms with Gasteiger partial charge in [0, 0.05) is 0 Å². The van der Waals surface area contributed by atoms with Crippen LogP contribution in [0.15, 0.2) is 0 Å². The predicted molar refractivity (Wildman–Crippen MR) is 49.8 cm³/mol. The minimum atomic E-state index is -0.362. The van der Waals surface area contributed by atoms with Gasteiger partial charge in [0.2, 0.25) is 0 Å². The molecule has 1 heteroatoms. The second-order valence-corrected chi connectivity index (χ2v) is 5.71. The lowest BCUT2D eigenvalue weighted by atomic mass is 9.65. The van der Waals surface area contributed by atoms with E-state index < -0.39 is 0 Å². The standard InChI is InChI=1S/C11H20O/c1-7-9-5-8(10(7,2)3)6-11(9,4)12/h7-9,12H,5-6H2,1-4H3/t7-,8+,9-,11+/m1/s1. The van der Waals surface area contributed by atoms with E-state index in [4.69, 9.17) is 0 Å². The average Bonchev–Trinajstić information content (AvgIpc) is 2.31. The monoisotopic (exact) mass is 168 g/mol. The van der Waals surface area contributed by atoms with Gasteiger partial charge in [-0.1, -0.05) is 20.8 Å². The fourth-order valence-electron chi connectivity index (χ4n) is 3.49. The van der Waals surface area contributed by atoms with Crippen LogP contribution in [0.4, 0.5) is 0 Å². The first-order chi connectivity index (χ1) is 5.36. The van der Waals surface area contributed by atoms with Gasteiger partial charge in [-0.25, -0.2) is 0 Å². The highest BCUT2D eigenvalue weighted by molar-refractivity contribution is 5.09. The van der Waals surface area contributed by atoms with Crippen molar-refractivity contribution < 1.29 is 5.11 Å². The molecule has 0 aromatic heterocycles. The van der Waals surface area contributed by atoms with Crippen molar-refractivity contribution in [3.63, 3.8) is 0 Å². The molecule has 2 fully saturated rings. The zero-order valence-corrected chi connectivity index (χ0v) is 8.59. The molecule has 70 valence electrons. The first kappa shape index (κ1) is 8.55. The highest BCUT2D eigenvalue weighted by atomic mass is 16.3. The van der Waals surface area contributed by atoms with Gasteiger partial charge in [0.25, 0.3) is 0 Å². The molecule has 0 spiro atoms. The Hall–Kier alpha value is -0.0400. The molecule has 2 bridgehead atoms. The van der Waals surface area contributed by atoms with Crippen LogP contribution in [0.2, 0.25) is 0 Å².